The van der Waals surface area contributed by atoms with Gasteiger partial charge in [-0.3, -0.25) is 14.1 Å². The number of hydrogen-bond donors (Lipinski definition) is 1. The molecule has 7 nitrogen and oxygen atoms in total. The molecule has 2 aromatic heterocycles. The molecule has 0 aliphatic rings. The fourth-order valence-electron chi connectivity index (χ4n) is 2.46. The monoisotopic (exact) mass is 359 g/mol. The average Bonchev–Trinajstić information content (AvgIpc) is 3.10. The molecule has 1 amide bonds. The van der Waals surface area contributed by atoms with Crippen molar-refractivity contribution in [1.29, 1.82) is 0 Å². The van der Waals surface area contributed by atoms with Crippen molar-refractivity contribution in [2.75, 3.05) is 17.1 Å². The van der Waals surface area contributed by atoms with E-state index >= 15 is 0 Å². The maximum Gasteiger partial charge on any atom is 0.241 e. The van der Waals surface area contributed by atoms with Crippen molar-refractivity contribution in [3.05, 3.63) is 60.7 Å². The highest BCUT2D eigenvalue weighted by molar-refractivity contribution is 7.92. The van der Waals surface area contributed by atoms with Crippen molar-refractivity contribution >= 4 is 32.5 Å². The zero-order valence-corrected chi connectivity index (χ0v) is 14.4. The highest BCUT2D eigenvalue weighted by Crippen LogP contribution is 2.26. The number of pyridine rings is 1. The number of fused-ring (bicyclic) bond motifs is 1. The van der Waals surface area contributed by atoms with Crippen LogP contribution in [0.1, 0.15) is 5.76 Å². The number of sulfonamides is 1. The Morgan fingerprint density at radius 3 is 2.72 bits per heavy atom. The van der Waals surface area contributed by atoms with Crippen LogP contribution in [0.2, 0.25) is 0 Å². The highest BCUT2D eigenvalue weighted by atomic mass is 32.2. The first-order valence-corrected chi connectivity index (χ1v) is 9.40. The molecule has 0 unspecified atom stereocenters. The molecular formula is C17H17N3O4S. The van der Waals surface area contributed by atoms with Gasteiger partial charge in [0.05, 0.1) is 30.3 Å². The first-order valence-electron chi connectivity index (χ1n) is 7.56. The largest absolute Gasteiger partial charge is 0.467 e. The number of carbonyl (C=O) groups excluding carboxylic acids is 1. The van der Waals surface area contributed by atoms with Crippen LogP contribution in [0.4, 0.5) is 5.69 Å². The van der Waals surface area contributed by atoms with Crippen molar-refractivity contribution in [1.82, 2.24) is 10.3 Å². The van der Waals surface area contributed by atoms with E-state index in [0.717, 1.165) is 15.9 Å². The summed E-state index contributed by atoms with van der Waals surface area (Å²) in [5.41, 5.74) is 0.892. The van der Waals surface area contributed by atoms with E-state index in [1.165, 1.54) is 6.26 Å². The summed E-state index contributed by atoms with van der Waals surface area (Å²) in [6.45, 7) is -0.146. The second-order valence-electron chi connectivity index (χ2n) is 5.48. The molecule has 8 heteroatoms. The average molecular weight is 359 g/mol. The predicted molar refractivity (Wildman–Crippen MR) is 94.5 cm³/mol. The Labute approximate surface area is 145 Å². The third kappa shape index (κ3) is 3.97. The lowest BCUT2D eigenvalue weighted by Gasteiger charge is -2.22. The summed E-state index contributed by atoms with van der Waals surface area (Å²) < 4.78 is 30.7. The summed E-state index contributed by atoms with van der Waals surface area (Å²) in [5, 5.41) is 3.44. The van der Waals surface area contributed by atoms with Gasteiger partial charge >= 0.3 is 0 Å². The predicted octanol–water partition coefficient (Wildman–Crippen LogP) is 1.91. The SMILES string of the molecule is CS(=O)(=O)N(CC(=O)NCc1ccco1)c1cccc2cccnc12. The van der Waals surface area contributed by atoms with Gasteiger partial charge in [-0.25, -0.2) is 8.42 Å². The smallest absolute Gasteiger partial charge is 0.241 e. The molecule has 0 aliphatic heterocycles. The van der Waals surface area contributed by atoms with Crippen LogP contribution in [0.15, 0.2) is 59.3 Å². The van der Waals surface area contributed by atoms with Crippen LogP contribution in [0, 0.1) is 0 Å². The third-order valence-electron chi connectivity index (χ3n) is 3.61. The number of aromatic nitrogens is 1. The number of furan rings is 1. The second-order valence-corrected chi connectivity index (χ2v) is 7.38. The van der Waals surface area contributed by atoms with Crippen LogP contribution < -0.4 is 9.62 Å². The molecule has 0 fully saturated rings. The summed E-state index contributed by atoms with van der Waals surface area (Å²) in [5.74, 6) is 0.154. The lowest BCUT2D eigenvalue weighted by molar-refractivity contribution is -0.119. The molecule has 3 aromatic rings. The zero-order valence-electron chi connectivity index (χ0n) is 13.5. The number of carbonyl (C=O) groups is 1. The van der Waals surface area contributed by atoms with Crippen LogP contribution in [0.3, 0.4) is 0 Å². The molecule has 0 aliphatic carbocycles. The van der Waals surface area contributed by atoms with E-state index in [0.29, 0.717) is 17.0 Å². The molecule has 0 saturated heterocycles. The van der Waals surface area contributed by atoms with E-state index in [1.807, 2.05) is 12.1 Å². The van der Waals surface area contributed by atoms with Crippen LogP contribution in [0.25, 0.3) is 10.9 Å². The van der Waals surface area contributed by atoms with Gasteiger partial charge in [-0.15, -0.1) is 0 Å². The molecule has 2 heterocycles. The lowest BCUT2D eigenvalue weighted by atomic mass is 10.2. The third-order valence-corrected chi connectivity index (χ3v) is 4.73. The summed E-state index contributed by atoms with van der Waals surface area (Å²) in [7, 11) is -3.67. The number of hydrogen-bond acceptors (Lipinski definition) is 5. The van der Waals surface area contributed by atoms with E-state index in [-0.39, 0.29) is 13.1 Å². The normalized spacial score (nSPS) is 11.4. The standard InChI is InChI=1S/C17H17N3O4S/c1-25(22,23)20(12-16(21)19-11-14-7-4-10-24-14)15-8-2-5-13-6-3-9-18-17(13)15/h2-10H,11-12H2,1H3,(H,19,21). The molecule has 1 aromatic carbocycles. The van der Waals surface area contributed by atoms with Gasteiger partial charge in [-0.2, -0.15) is 0 Å². The number of benzene rings is 1. The fraction of sp³-hybridized carbons (Fsp3) is 0.176. The summed E-state index contributed by atoms with van der Waals surface area (Å²) in [4.78, 5) is 16.5. The molecule has 0 radical (unpaired) electrons. The molecule has 3 rings (SSSR count). The van der Waals surface area contributed by atoms with E-state index < -0.39 is 15.9 Å². The molecule has 1 N–H and O–H groups in total. The number of para-hydroxylation sites is 1. The summed E-state index contributed by atoms with van der Waals surface area (Å²) in [6, 6.07) is 12.3. The van der Waals surface area contributed by atoms with E-state index in [4.69, 9.17) is 4.42 Å². The maximum absolute atomic E-state index is 12.2. The molecule has 130 valence electrons. The van der Waals surface area contributed by atoms with Crippen LogP contribution in [0.5, 0.6) is 0 Å². The summed E-state index contributed by atoms with van der Waals surface area (Å²) >= 11 is 0. The van der Waals surface area contributed by atoms with Gasteiger partial charge in [0.1, 0.15) is 12.3 Å². The number of rotatable bonds is 6. The van der Waals surface area contributed by atoms with Gasteiger partial charge in [0, 0.05) is 11.6 Å². The van der Waals surface area contributed by atoms with Crippen molar-refractivity contribution in [2.24, 2.45) is 0 Å². The minimum atomic E-state index is -3.67. The van der Waals surface area contributed by atoms with Gasteiger partial charge in [0.2, 0.25) is 15.9 Å². The Hall–Kier alpha value is -2.87. The quantitative estimate of drug-likeness (QED) is 0.726. The Bertz CT molecular complexity index is 979. The molecule has 25 heavy (non-hydrogen) atoms. The van der Waals surface area contributed by atoms with Gasteiger partial charge < -0.3 is 9.73 Å². The van der Waals surface area contributed by atoms with Gasteiger partial charge in [0.15, 0.2) is 0 Å². The van der Waals surface area contributed by atoms with E-state index in [9.17, 15) is 13.2 Å². The van der Waals surface area contributed by atoms with Crippen molar-refractivity contribution < 1.29 is 17.6 Å². The van der Waals surface area contributed by atoms with Crippen molar-refractivity contribution in [2.45, 2.75) is 6.54 Å². The van der Waals surface area contributed by atoms with Crippen molar-refractivity contribution in [3.63, 3.8) is 0 Å². The van der Waals surface area contributed by atoms with Crippen LogP contribution in [-0.2, 0) is 21.4 Å². The van der Waals surface area contributed by atoms with E-state index in [2.05, 4.69) is 10.3 Å². The molecule has 0 saturated carbocycles. The Kier molecular flexibility index (Phi) is 4.71. The highest BCUT2D eigenvalue weighted by Gasteiger charge is 2.23. The molecule has 0 bridgehead atoms. The molecular weight excluding hydrogens is 342 g/mol. The van der Waals surface area contributed by atoms with E-state index in [1.54, 1.807) is 36.5 Å². The van der Waals surface area contributed by atoms with Crippen LogP contribution >= 0.6 is 0 Å². The molecule has 0 spiro atoms. The topological polar surface area (TPSA) is 92.5 Å². The minimum Gasteiger partial charge on any atom is -0.467 e. The van der Waals surface area contributed by atoms with Gasteiger partial charge in [-0.05, 0) is 24.3 Å². The number of amides is 1. The Morgan fingerprint density at radius 1 is 1.20 bits per heavy atom. The number of nitrogens with one attached hydrogen (secondary N) is 1. The van der Waals surface area contributed by atoms with Gasteiger partial charge in [0.25, 0.3) is 0 Å². The lowest BCUT2D eigenvalue weighted by Crippen LogP contribution is -2.40. The Balaban J connectivity index is 1.86. The first kappa shape index (κ1) is 17.0. The first-order chi connectivity index (χ1) is 11.9. The Morgan fingerprint density at radius 2 is 2.00 bits per heavy atom. The minimum absolute atomic E-state index is 0.192. The zero-order chi connectivity index (χ0) is 17.9. The number of nitrogens with zero attached hydrogens (tertiary/aromatic N) is 2. The maximum atomic E-state index is 12.2. The summed E-state index contributed by atoms with van der Waals surface area (Å²) in [6.07, 6.45) is 4.16. The molecule has 0 atom stereocenters. The van der Waals surface area contributed by atoms with Gasteiger partial charge in [-0.1, -0.05) is 18.2 Å². The van der Waals surface area contributed by atoms with Crippen molar-refractivity contribution in [3.8, 4) is 0 Å². The van der Waals surface area contributed by atoms with Crippen LogP contribution in [-0.4, -0.2) is 32.1 Å². The fourth-order valence-corrected chi connectivity index (χ4v) is 3.31. The second kappa shape index (κ2) is 6.94. The number of anilines is 1.